The van der Waals surface area contributed by atoms with Crippen molar-refractivity contribution in [3.05, 3.63) is 247 Å². The maximum Gasteiger partial charge on any atom is 2.00 e. The second-order valence-electron chi connectivity index (χ2n) is 31.8. The van der Waals surface area contributed by atoms with Gasteiger partial charge in [-0.05, 0) is 201 Å². The van der Waals surface area contributed by atoms with Crippen molar-refractivity contribution in [2.75, 3.05) is 5.75 Å². The van der Waals surface area contributed by atoms with Crippen LogP contribution in [0.1, 0.15) is 244 Å². The van der Waals surface area contributed by atoms with Crippen LogP contribution >= 0.6 is 69.6 Å². The zero-order chi connectivity index (χ0) is 79.4. The minimum Gasteiger partial charge on any atom is -1.00 e. The Hall–Kier alpha value is -4.03. The molecular weight excluding hydrogens is 1560 g/mol. The van der Waals surface area contributed by atoms with E-state index in [2.05, 4.69) is 146 Å². The van der Waals surface area contributed by atoms with Crippen molar-refractivity contribution >= 4 is 133 Å². The first-order chi connectivity index (χ1) is 50.5. The molecule has 10 nitrogen and oxygen atoms in total. The van der Waals surface area contributed by atoms with Gasteiger partial charge in [0.2, 0.25) is 17.7 Å². The van der Waals surface area contributed by atoms with Crippen molar-refractivity contribution in [2.45, 2.75) is 234 Å². The molecule has 9 rings (SSSR count). The summed E-state index contributed by atoms with van der Waals surface area (Å²) < 4.78 is 37.8. The number of benzene rings is 6. The van der Waals surface area contributed by atoms with Gasteiger partial charge >= 0.3 is 23.1 Å². The monoisotopic (exact) mass is 1670 g/mol. The van der Waals surface area contributed by atoms with E-state index in [4.69, 9.17) is 73.8 Å². The number of unbranched alkanes of at least 4 members (excludes halogenated alkanes) is 1. The van der Waals surface area contributed by atoms with E-state index in [0.29, 0.717) is 63.5 Å². The van der Waals surface area contributed by atoms with E-state index in [9.17, 15) is 27.4 Å². The van der Waals surface area contributed by atoms with Crippen LogP contribution in [0, 0.1) is 39.9 Å². The normalized spacial score (nSPS) is 23.4. The third-order valence-corrected chi connectivity index (χ3v) is 24.5. The first kappa shape index (κ1) is 97.3. The number of halogens is 7. The van der Waals surface area contributed by atoms with Crippen LogP contribution in [-0.2, 0) is 40.7 Å². The van der Waals surface area contributed by atoms with Crippen molar-refractivity contribution in [1.29, 1.82) is 0 Å². The van der Waals surface area contributed by atoms with E-state index in [1.165, 1.54) is 11.1 Å². The van der Waals surface area contributed by atoms with Crippen molar-refractivity contribution in [3.8, 4) is 0 Å². The summed E-state index contributed by atoms with van der Waals surface area (Å²) >= 11 is 34.7. The zero-order valence-corrected chi connectivity index (χ0v) is 75.0. The molecule has 109 heavy (non-hydrogen) atoms. The van der Waals surface area contributed by atoms with E-state index in [1.54, 1.807) is 13.0 Å². The maximum absolute atomic E-state index is 14.3. The molecule has 3 aliphatic rings. The van der Waals surface area contributed by atoms with E-state index >= 15 is 0 Å². The first-order valence-electron chi connectivity index (χ1n) is 38.0. The maximum atomic E-state index is 14.3. The number of allylic oxidation sites excluding steroid dienone is 3. The van der Waals surface area contributed by atoms with E-state index in [1.807, 2.05) is 143 Å². The number of piperidine rings is 3. The van der Waals surface area contributed by atoms with Crippen LogP contribution in [0.2, 0.25) is 30.1 Å². The summed E-state index contributed by atoms with van der Waals surface area (Å²) in [4.78, 5) is 49.2. The van der Waals surface area contributed by atoms with Crippen LogP contribution in [-0.4, -0.2) is 97.8 Å². The predicted octanol–water partition coefficient (Wildman–Crippen LogP) is 22.2. The summed E-state index contributed by atoms with van der Waals surface area (Å²) in [7, 11) is 0. The fourth-order valence-electron chi connectivity index (χ4n) is 15.9. The molecule has 0 aromatic heterocycles. The number of nitrogens with zero attached hydrogens (tertiary/aromatic N) is 3. The molecule has 20 heteroatoms. The number of hydrogen-bond acceptors (Lipinski definition) is 7. The molecular formula is C89H116Cl7MgN3O7S2. The predicted molar refractivity (Wildman–Crippen MR) is 457 cm³/mol. The fourth-order valence-corrected chi connectivity index (χ4v) is 17.6. The van der Waals surface area contributed by atoms with Crippen molar-refractivity contribution in [1.82, 2.24) is 14.7 Å². The van der Waals surface area contributed by atoms with Crippen molar-refractivity contribution in [3.63, 3.8) is 0 Å². The Kier molecular flexibility index (Phi) is 40.5. The van der Waals surface area contributed by atoms with Gasteiger partial charge < -0.3 is 31.7 Å². The molecule has 3 fully saturated rings. The molecule has 3 aliphatic heterocycles. The first-order valence-corrected chi connectivity index (χ1v) is 42.7. The second-order valence-corrected chi connectivity index (χ2v) is 37.2. The van der Waals surface area contributed by atoms with Gasteiger partial charge in [0.25, 0.3) is 0 Å². The summed E-state index contributed by atoms with van der Waals surface area (Å²) in [6.07, 6.45) is 14.1. The largest absolute Gasteiger partial charge is 2.00 e. The fraction of sp³-hybridized carbons (Fsp3) is 0.494. The Labute approximate surface area is 711 Å². The number of carbonyl (C=O) groups excluding carboxylic acids is 3. The molecule has 592 valence electrons. The summed E-state index contributed by atoms with van der Waals surface area (Å²) in [5, 5.41) is 3.92. The van der Waals surface area contributed by atoms with E-state index in [-0.39, 0.29) is 118 Å². The average Bonchev–Trinajstić information content (AvgIpc) is 0.752. The summed E-state index contributed by atoms with van der Waals surface area (Å²) in [6.45, 7) is 43.0. The molecule has 6 aromatic carbocycles. The van der Waals surface area contributed by atoms with Crippen LogP contribution in [0.5, 0.6) is 0 Å². The van der Waals surface area contributed by atoms with Crippen molar-refractivity contribution < 1.29 is 43.9 Å². The van der Waals surface area contributed by atoms with Crippen LogP contribution in [0.4, 0.5) is 0 Å². The van der Waals surface area contributed by atoms with Gasteiger partial charge in [0.15, 0.2) is 17.3 Å². The number of likely N-dealkylation sites (tertiary alicyclic amines) is 3. The SMILES string of the molecule is C=CC[C@@]1(C)C[C@H](c2cccc(Cl)c2)[C@@H](c2ccc(Cl)cc2)N([C@H](CCC(C)C)C(C)C)C1=O.C=CC[C@@]1(C)C[C@H](c2cccc(Cl)c2)[C@@H](c2ccc(Cl)cc2)N([C@H](CCCC)C(C)C)C1=O.C=CC[C@@]1(C)C[C@H](c2cccc(Cl)c2)[C@@H](c2ccc(Cl)cc2)N([C@H](OS(=O)C(C)C)C(C)C)C1=O.CCS(=O)[O-].[Cl-].[Mg+2]. The summed E-state index contributed by atoms with van der Waals surface area (Å²) in [5.41, 5.74) is 4.86. The Morgan fingerprint density at radius 3 is 1.03 bits per heavy atom. The number of carbonyl (C=O) groups is 3. The Bertz CT molecular complexity index is 3940. The van der Waals surface area contributed by atoms with Gasteiger partial charge in [-0.1, -0.05) is 275 Å². The Balaban J connectivity index is 0.000000331. The van der Waals surface area contributed by atoms with Gasteiger partial charge in [0.05, 0.1) is 39.6 Å². The standard InChI is InChI=1S/C30H39Cl2NO.C29H37Cl2NO.C28H35Cl2NO3S.C2H6O2S.ClH.Mg/c1-7-17-30(6)19-26(23-9-8-10-25(32)18-23)28(22-12-14-24(31)15-13-22)33(29(30)34)27(21(4)5)16-11-20(2)3;1-6-8-12-26(20(3)4)32-27(21-13-15-23(30)16-14-21)25(22-10-9-11-24(31)18-22)19-29(5,17-7-2)28(32)33;1-7-15-28(6)17-24(21-9-8-10-23(30)16-21)25(20-11-13-22(29)14-12-20)31(27(28)32)26(18(2)3)34-35(33)19(4)5;1-2-5(3)4;;/h7-10,12-15,18,20-21,26-28H,1,11,16-17,19H2,2-6H3;7,9-11,13-16,18,20,25-27H,2,6,8,12,17,19H2,1,3-5H3;7-14,16,18-19,24-26H,1,15,17H2,2-6H3;2H2,1H3,(H,3,4);1H;/q;;;;;+2/p-2/t26-,27-,28-,30+;25-,26-,27-,29+;24-,25-,26-,28+,35?;;;/m111.../s1. The number of rotatable bonds is 28. The van der Waals surface area contributed by atoms with Gasteiger partial charge in [-0.2, -0.15) is 0 Å². The summed E-state index contributed by atoms with van der Waals surface area (Å²) in [5.74, 6) is 1.98. The van der Waals surface area contributed by atoms with Gasteiger partial charge in [0, 0.05) is 65.7 Å². The van der Waals surface area contributed by atoms with Crippen LogP contribution < -0.4 is 12.4 Å². The van der Waals surface area contributed by atoms with E-state index in [0.717, 1.165) is 77.2 Å². The van der Waals surface area contributed by atoms with Crippen LogP contribution in [0.25, 0.3) is 0 Å². The molecule has 0 N–H and O–H groups in total. The molecule has 3 amide bonds. The van der Waals surface area contributed by atoms with Crippen LogP contribution in [0.3, 0.4) is 0 Å². The number of amides is 3. The molecule has 0 saturated carbocycles. The third-order valence-electron chi connectivity index (χ3n) is 21.4. The number of hydrogen-bond donors (Lipinski definition) is 0. The Morgan fingerprint density at radius 1 is 0.468 bits per heavy atom. The van der Waals surface area contributed by atoms with Gasteiger partial charge in [-0.15, -0.1) is 19.7 Å². The molecule has 0 bridgehead atoms. The quantitative estimate of drug-likeness (QED) is 0.0272. The molecule has 3 saturated heterocycles. The molecule has 3 heterocycles. The van der Waals surface area contributed by atoms with Crippen LogP contribution in [0.15, 0.2) is 184 Å². The second kappa shape index (κ2) is 45.3. The molecule has 2 unspecified atom stereocenters. The zero-order valence-electron chi connectivity index (χ0n) is 66.6. The Morgan fingerprint density at radius 2 is 0.771 bits per heavy atom. The topological polar surface area (TPSA) is 127 Å². The molecule has 0 spiro atoms. The molecule has 0 aliphatic carbocycles. The average molecular weight is 1680 g/mol. The smallest absolute Gasteiger partial charge is 1.00 e. The molecule has 6 aromatic rings. The van der Waals surface area contributed by atoms with Crippen molar-refractivity contribution in [2.24, 2.45) is 39.9 Å². The minimum atomic E-state index is -1.82. The minimum absolute atomic E-state index is 0. The third kappa shape index (κ3) is 26.0. The summed E-state index contributed by atoms with van der Waals surface area (Å²) in [6, 6.07) is 47.5. The van der Waals surface area contributed by atoms with E-state index < -0.39 is 44.6 Å². The molecule has 14 atom stereocenters. The van der Waals surface area contributed by atoms with Gasteiger partial charge in [0.1, 0.15) is 0 Å². The van der Waals surface area contributed by atoms with Gasteiger partial charge in [-0.3, -0.25) is 22.8 Å². The van der Waals surface area contributed by atoms with Gasteiger partial charge in [-0.25, -0.2) is 4.21 Å². The molecule has 0 radical (unpaired) electrons.